The quantitative estimate of drug-likeness (QED) is 0.701. The van der Waals surface area contributed by atoms with Crippen molar-refractivity contribution >= 4 is 0 Å². The van der Waals surface area contributed by atoms with Crippen molar-refractivity contribution in [3.8, 4) is 5.75 Å². The summed E-state index contributed by atoms with van der Waals surface area (Å²) in [5.41, 5.74) is 0.538. The van der Waals surface area contributed by atoms with Crippen molar-refractivity contribution in [1.29, 1.82) is 0 Å². The summed E-state index contributed by atoms with van der Waals surface area (Å²) in [6.45, 7) is 2.40. The molecule has 0 heterocycles. The standard InChI is InChI=1S/C14H22F2N2O2/c1-18(2)5-7-20-14-12(15)8-11(9-13(14)16)10-17-4-6-19-3/h8-9,17H,4-7,10H2,1-3H3. The van der Waals surface area contributed by atoms with Crippen molar-refractivity contribution in [2.24, 2.45) is 0 Å². The van der Waals surface area contributed by atoms with Crippen LogP contribution in [0.3, 0.4) is 0 Å². The molecule has 0 radical (unpaired) electrons. The number of ether oxygens (including phenoxy) is 2. The van der Waals surface area contributed by atoms with Crippen molar-refractivity contribution in [3.05, 3.63) is 29.3 Å². The summed E-state index contributed by atoms with van der Waals surface area (Å²) >= 11 is 0. The fourth-order valence-corrected chi connectivity index (χ4v) is 1.59. The van der Waals surface area contributed by atoms with Crippen LogP contribution in [-0.4, -0.2) is 52.4 Å². The highest BCUT2D eigenvalue weighted by Crippen LogP contribution is 2.23. The number of benzene rings is 1. The first-order valence-corrected chi connectivity index (χ1v) is 6.49. The predicted molar refractivity (Wildman–Crippen MR) is 74.0 cm³/mol. The average Bonchev–Trinajstić information content (AvgIpc) is 2.37. The average molecular weight is 288 g/mol. The van der Waals surface area contributed by atoms with Gasteiger partial charge in [0.1, 0.15) is 6.61 Å². The molecule has 0 unspecified atom stereocenters. The summed E-state index contributed by atoms with van der Waals surface area (Å²) in [6, 6.07) is 2.57. The number of halogens is 2. The van der Waals surface area contributed by atoms with Crippen LogP contribution < -0.4 is 10.1 Å². The summed E-state index contributed by atoms with van der Waals surface area (Å²) in [4.78, 5) is 1.88. The first kappa shape index (κ1) is 16.8. The van der Waals surface area contributed by atoms with Crippen LogP contribution in [0.5, 0.6) is 5.75 Å². The number of nitrogens with zero attached hydrogens (tertiary/aromatic N) is 1. The van der Waals surface area contributed by atoms with E-state index in [1.54, 1.807) is 7.11 Å². The van der Waals surface area contributed by atoms with Crippen molar-refractivity contribution in [3.63, 3.8) is 0 Å². The van der Waals surface area contributed by atoms with E-state index in [1.807, 2.05) is 19.0 Å². The van der Waals surface area contributed by atoms with Crippen molar-refractivity contribution < 1.29 is 18.3 Å². The van der Waals surface area contributed by atoms with Crippen LogP contribution in [0.1, 0.15) is 5.56 Å². The lowest BCUT2D eigenvalue weighted by atomic mass is 10.2. The number of likely N-dealkylation sites (N-methyl/N-ethyl adjacent to an activating group) is 1. The molecule has 1 aromatic carbocycles. The van der Waals surface area contributed by atoms with E-state index in [-0.39, 0.29) is 12.4 Å². The molecule has 1 rings (SSSR count). The van der Waals surface area contributed by atoms with Gasteiger partial charge in [-0.25, -0.2) is 8.78 Å². The Hall–Kier alpha value is -1.24. The molecule has 0 atom stereocenters. The van der Waals surface area contributed by atoms with Gasteiger partial charge in [-0.2, -0.15) is 0 Å². The molecule has 0 aliphatic carbocycles. The Morgan fingerprint density at radius 1 is 1.15 bits per heavy atom. The molecule has 1 N–H and O–H groups in total. The van der Waals surface area contributed by atoms with E-state index in [9.17, 15) is 8.78 Å². The first-order chi connectivity index (χ1) is 9.54. The molecule has 0 aromatic heterocycles. The highest BCUT2D eigenvalue weighted by Gasteiger charge is 2.12. The maximum atomic E-state index is 13.8. The highest BCUT2D eigenvalue weighted by molar-refractivity contribution is 5.31. The third-order valence-corrected chi connectivity index (χ3v) is 2.66. The second-order valence-electron chi connectivity index (χ2n) is 4.71. The Balaban J connectivity index is 2.57. The monoisotopic (exact) mass is 288 g/mol. The summed E-state index contributed by atoms with van der Waals surface area (Å²) in [6.07, 6.45) is 0. The zero-order valence-corrected chi connectivity index (χ0v) is 12.2. The topological polar surface area (TPSA) is 33.7 Å². The van der Waals surface area contributed by atoms with Crippen LogP contribution in [-0.2, 0) is 11.3 Å². The van der Waals surface area contributed by atoms with Gasteiger partial charge in [-0.15, -0.1) is 0 Å². The van der Waals surface area contributed by atoms with Crippen LogP contribution >= 0.6 is 0 Å². The van der Waals surface area contributed by atoms with Crippen LogP contribution in [0.2, 0.25) is 0 Å². The third kappa shape index (κ3) is 5.81. The number of hydrogen-bond donors (Lipinski definition) is 1. The fraction of sp³-hybridized carbons (Fsp3) is 0.571. The van der Waals surface area contributed by atoms with E-state index in [0.717, 1.165) is 0 Å². The molecule has 0 spiro atoms. The minimum absolute atomic E-state index is 0.242. The van der Waals surface area contributed by atoms with Crippen molar-refractivity contribution in [1.82, 2.24) is 10.2 Å². The van der Waals surface area contributed by atoms with Crippen molar-refractivity contribution in [2.75, 3.05) is 47.5 Å². The van der Waals surface area contributed by atoms with E-state index in [4.69, 9.17) is 9.47 Å². The van der Waals surface area contributed by atoms with Crippen molar-refractivity contribution in [2.45, 2.75) is 6.54 Å². The zero-order valence-electron chi connectivity index (χ0n) is 12.2. The molecule has 0 bridgehead atoms. The Morgan fingerprint density at radius 2 is 1.80 bits per heavy atom. The summed E-state index contributed by atoms with van der Waals surface area (Å²) in [7, 11) is 5.33. The molecular formula is C14H22F2N2O2. The first-order valence-electron chi connectivity index (χ1n) is 6.49. The van der Waals surface area contributed by atoms with E-state index in [2.05, 4.69) is 5.32 Å². The molecule has 114 valence electrons. The number of methoxy groups -OCH3 is 1. The Morgan fingerprint density at radius 3 is 2.35 bits per heavy atom. The third-order valence-electron chi connectivity index (χ3n) is 2.66. The van der Waals surface area contributed by atoms with Gasteiger partial charge in [0, 0.05) is 26.7 Å². The summed E-state index contributed by atoms with van der Waals surface area (Å²) in [5.74, 6) is -1.66. The molecule has 4 nitrogen and oxygen atoms in total. The van der Waals surface area contributed by atoms with Gasteiger partial charge in [0.15, 0.2) is 17.4 Å². The Bertz CT molecular complexity index is 391. The van der Waals surface area contributed by atoms with E-state index >= 15 is 0 Å². The van der Waals surface area contributed by atoms with Gasteiger partial charge >= 0.3 is 0 Å². The lowest BCUT2D eigenvalue weighted by molar-refractivity contribution is 0.199. The molecular weight excluding hydrogens is 266 g/mol. The molecule has 0 aliphatic heterocycles. The molecule has 0 saturated carbocycles. The summed E-state index contributed by atoms with van der Waals surface area (Å²) in [5, 5.41) is 3.03. The lowest BCUT2D eigenvalue weighted by Gasteiger charge is -2.13. The van der Waals surface area contributed by atoms with E-state index in [1.165, 1.54) is 12.1 Å². The SMILES string of the molecule is COCCNCc1cc(F)c(OCCN(C)C)c(F)c1. The van der Waals surface area contributed by atoms with Crippen LogP contribution in [0.4, 0.5) is 8.78 Å². The van der Waals surface area contributed by atoms with Gasteiger partial charge in [0.2, 0.25) is 0 Å². The van der Waals surface area contributed by atoms with Gasteiger partial charge in [0.25, 0.3) is 0 Å². The summed E-state index contributed by atoms with van der Waals surface area (Å²) < 4.78 is 37.6. The second kappa shape index (κ2) is 8.84. The minimum Gasteiger partial charge on any atom is -0.486 e. The Kier molecular flexibility index (Phi) is 7.43. The van der Waals surface area contributed by atoms with Gasteiger partial charge in [0.05, 0.1) is 6.61 Å². The number of rotatable bonds is 9. The van der Waals surface area contributed by atoms with Gasteiger partial charge in [-0.3, -0.25) is 0 Å². The number of hydrogen-bond acceptors (Lipinski definition) is 4. The molecule has 6 heteroatoms. The van der Waals surface area contributed by atoms with Crippen LogP contribution in [0.25, 0.3) is 0 Å². The molecule has 0 aliphatic rings. The largest absolute Gasteiger partial charge is 0.486 e. The fourth-order valence-electron chi connectivity index (χ4n) is 1.59. The van der Waals surface area contributed by atoms with Gasteiger partial charge < -0.3 is 19.7 Å². The van der Waals surface area contributed by atoms with Gasteiger partial charge in [-0.05, 0) is 31.8 Å². The molecule has 0 saturated heterocycles. The highest BCUT2D eigenvalue weighted by atomic mass is 19.1. The zero-order chi connectivity index (χ0) is 15.0. The van der Waals surface area contributed by atoms with Crippen LogP contribution in [0.15, 0.2) is 12.1 Å². The Labute approximate surface area is 118 Å². The predicted octanol–water partition coefficient (Wildman–Crippen LogP) is 1.64. The van der Waals surface area contributed by atoms with E-state index in [0.29, 0.717) is 31.8 Å². The number of nitrogens with one attached hydrogen (secondary N) is 1. The minimum atomic E-state index is -0.674. The second-order valence-corrected chi connectivity index (χ2v) is 4.71. The van der Waals surface area contributed by atoms with Gasteiger partial charge in [-0.1, -0.05) is 0 Å². The smallest absolute Gasteiger partial charge is 0.190 e. The van der Waals surface area contributed by atoms with E-state index < -0.39 is 11.6 Å². The van der Waals surface area contributed by atoms with Crippen LogP contribution in [0, 0.1) is 11.6 Å². The molecule has 20 heavy (non-hydrogen) atoms. The maximum Gasteiger partial charge on any atom is 0.190 e. The normalized spacial score (nSPS) is 11.1. The maximum absolute atomic E-state index is 13.8. The molecule has 1 aromatic rings. The molecule has 0 amide bonds. The molecule has 0 fully saturated rings. The lowest BCUT2D eigenvalue weighted by Crippen LogP contribution is -2.20.